The van der Waals surface area contributed by atoms with Gasteiger partial charge in [0.05, 0.1) is 0 Å². The van der Waals surface area contributed by atoms with E-state index in [0.29, 0.717) is 5.75 Å². The van der Waals surface area contributed by atoms with Crippen molar-refractivity contribution in [3.63, 3.8) is 0 Å². The summed E-state index contributed by atoms with van der Waals surface area (Å²) in [6.07, 6.45) is -0.521. The van der Waals surface area contributed by atoms with Crippen molar-refractivity contribution in [2.24, 2.45) is 0 Å². The molecule has 0 fully saturated rings. The number of para-hydroxylation sites is 1. The Kier molecular flexibility index (Phi) is 9.19. The van der Waals surface area contributed by atoms with Gasteiger partial charge in [0.15, 0.2) is 6.23 Å². The molecule has 0 aliphatic heterocycles. The summed E-state index contributed by atoms with van der Waals surface area (Å²) < 4.78 is 5.94. The maximum Gasteiger partial charge on any atom is 0.176 e. The molecule has 3 aromatic rings. The molecule has 0 saturated heterocycles. The van der Waals surface area contributed by atoms with Gasteiger partial charge in [0.1, 0.15) is 23.4 Å². The number of aromatic hydroxyl groups is 2. The smallest absolute Gasteiger partial charge is 0.176 e. The number of hydrogen-bond acceptors (Lipinski definition) is 5. The molecule has 0 aliphatic rings. The van der Waals surface area contributed by atoms with Crippen molar-refractivity contribution in [1.29, 1.82) is 0 Å². The summed E-state index contributed by atoms with van der Waals surface area (Å²) >= 11 is 0. The lowest BCUT2D eigenvalue weighted by Crippen LogP contribution is -2.47. The Hall–Kier alpha value is -2.73. The number of benzene rings is 3. The summed E-state index contributed by atoms with van der Waals surface area (Å²) in [7, 11) is 0. The highest BCUT2D eigenvalue weighted by Gasteiger charge is 2.23. The Labute approximate surface area is 189 Å². The minimum absolute atomic E-state index is 0. The molecule has 2 unspecified atom stereocenters. The Balaban J connectivity index is 0.00000341. The lowest BCUT2D eigenvalue weighted by atomic mass is 9.86. The van der Waals surface area contributed by atoms with E-state index in [1.54, 1.807) is 31.2 Å². The van der Waals surface area contributed by atoms with Gasteiger partial charge < -0.3 is 20.1 Å². The third-order valence-corrected chi connectivity index (χ3v) is 5.07. The molecule has 0 spiro atoms. The molecule has 0 saturated carbocycles. The number of nitrogens with one attached hydrogen (secondary N) is 1. The minimum atomic E-state index is -0.701. The third kappa shape index (κ3) is 7.17. The molecular weight excluding hydrogens is 414 g/mol. The van der Waals surface area contributed by atoms with Crippen LogP contribution in [0.1, 0.15) is 37.3 Å². The molecule has 0 aliphatic carbocycles. The normalized spacial score (nSPS) is 13.8. The van der Waals surface area contributed by atoms with Gasteiger partial charge in [0.25, 0.3) is 0 Å². The molecule has 4 N–H and O–H groups in total. The average Bonchev–Trinajstić information content (AvgIpc) is 2.74. The Morgan fingerprint density at radius 2 is 1.26 bits per heavy atom. The van der Waals surface area contributed by atoms with E-state index in [1.807, 2.05) is 54.6 Å². The second kappa shape index (κ2) is 11.6. The fourth-order valence-electron chi connectivity index (χ4n) is 3.50. The summed E-state index contributed by atoms with van der Waals surface area (Å²) in [5.74, 6) is 1.18. The van der Waals surface area contributed by atoms with Crippen molar-refractivity contribution in [2.75, 3.05) is 0 Å². The monoisotopic (exact) mass is 443 g/mol. The lowest BCUT2D eigenvalue weighted by Gasteiger charge is -2.29. The SMILES string of the molecule is CC(O)C(N[C@@H](C)CC(c1ccc(O)cc1)c1ccc(O)cc1)Oc1ccccc1.Cl. The molecule has 0 bridgehead atoms. The van der Waals surface area contributed by atoms with Gasteiger partial charge in [0.2, 0.25) is 0 Å². The van der Waals surface area contributed by atoms with Crippen LogP contribution < -0.4 is 10.1 Å². The molecule has 3 aromatic carbocycles. The predicted molar refractivity (Wildman–Crippen MR) is 125 cm³/mol. The van der Waals surface area contributed by atoms with Crippen LogP contribution in [0.2, 0.25) is 0 Å². The summed E-state index contributed by atoms with van der Waals surface area (Å²) in [6, 6.07) is 23.8. The third-order valence-electron chi connectivity index (χ3n) is 5.07. The molecule has 5 nitrogen and oxygen atoms in total. The van der Waals surface area contributed by atoms with E-state index >= 15 is 0 Å². The van der Waals surface area contributed by atoms with Gasteiger partial charge in [-0.05, 0) is 67.8 Å². The fourth-order valence-corrected chi connectivity index (χ4v) is 3.50. The number of aliphatic hydroxyl groups is 1. The molecular formula is C25H30ClNO4. The molecule has 166 valence electrons. The zero-order chi connectivity index (χ0) is 21.5. The van der Waals surface area contributed by atoms with Crippen LogP contribution in [0.4, 0.5) is 0 Å². The number of hydrogen-bond donors (Lipinski definition) is 4. The maximum absolute atomic E-state index is 10.2. The van der Waals surface area contributed by atoms with E-state index in [-0.39, 0.29) is 35.9 Å². The van der Waals surface area contributed by atoms with Gasteiger partial charge in [-0.25, -0.2) is 0 Å². The van der Waals surface area contributed by atoms with Crippen molar-refractivity contribution >= 4 is 12.4 Å². The van der Waals surface area contributed by atoms with Gasteiger partial charge in [-0.2, -0.15) is 0 Å². The van der Waals surface area contributed by atoms with Crippen LogP contribution in [-0.2, 0) is 0 Å². The van der Waals surface area contributed by atoms with Crippen LogP contribution in [0.5, 0.6) is 17.2 Å². The highest BCUT2D eigenvalue weighted by atomic mass is 35.5. The van der Waals surface area contributed by atoms with Gasteiger partial charge in [0, 0.05) is 12.0 Å². The molecule has 6 heteroatoms. The molecule has 0 heterocycles. The van der Waals surface area contributed by atoms with Crippen LogP contribution in [0.15, 0.2) is 78.9 Å². The van der Waals surface area contributed by atoms with Gasteiger partial charge in [-0.15, -0.1) is 12.4 Å². The molecule has 0 amide bonds. The highest BCUT2D eigenvalue weighted by molar-refractivity contribution is 5.85. The molecule has 3 atom stereocenters. The fraction of sp³-hybridized carbons (Fsp3) is 0.280. The molecule has 0 aromatic heterocycles. The zero-order valence-electron chi connectivity index (χ0n) is 17.7. The van der Waals surface area contributed by atoms with E-state index in [4.69, 9.17) is 4.74 Å². The first-order valence-electron chi connectivity index (χ1n) is 10.2. The van der Waals surface area contributed by atoms with E-state index in [2.05, 4.69) is 12.2 Å². The van der Waals surface area contributed by atoms with Crippen molar-refractivity contribution in [3.8, 4) is 17.2 Å². The van der Waals surface area contributed by atoms with E-state index in [0.717, 1.165) is 17.5 Å². The first kappa shape index (κ1) is 24.5. The van der Waals surface area contributed by atoms with Crippen molar-refractivity contribution < 1.29 is 20.1 Å². The Morgan fingerprint density at radius 3 is 1.71 bits per heavy atom. The first-order valence-corrected chi connectivity index (χ1v) is 10.2. The summed E-state index contributed by atoms with van der Waals surface area (Å²) in [6.45, 7) is 3.75. The van der Waals surface area contributed by atoms with E-state index in [9.17, 15) is 15.3 Å². The molecule has 31 heavy (non-hydrogen) atoms. The molecule has 3 rings (SSSR count). The van der Waals surface area contributed by atoms with Crippen LogP contribution in [0, 0.1) is 0 Å². The Morgan fingerprint density at radius 1 is 0.774 bits per heavy atom. The first-order chi connectivity index (χ1) is 14.4. The second-order valence-electron chi connectivity index (χ2n) is 7.63. The second-order valence-corrected chi connectivity index (χ2v) is 7.63. The number of ether oxygens (including phenoxy) is 1. The highest BCUT2D eigenvalue weighted by Crippen LogP contribution is 2.31. The standard InChI is InChI=1S/C25H29NO4.ClH/c1-17(26-25(18(2)27)30-23-6-4-3-5-7-23)16-24(19-8-12-21(28)13-9-19)20-10-14-22(29)15-11-20;/h3-15,17-18,24-29H,16H2,1-2H3;1H/t17-,18?,25?;/m0./s1. The van der Waals surface area contributed by atoms with Gasteiger partial charge in [-0.3, -0.25) is 5.32 Å². The van der Waals surface area contributed by atoms with Crippen LogP contribution in [0.25, 0.3) is 0 Å². The number of phenols is 2. The summed E-state index contributed by atoms with van der Waals surface area (Å²) in [4.78, 5) is 0. The number of phenolic OH excluding ortho intramolecular Hbond substituents is 2. The van der Waals surface area contributed by atoms with Crippen LogP contribution >= 0.6 is 12.4 Å². The minimum Gasteiger partial charge on any atom is -0.508 e. The largest absolute Gasteiger partial charge is 0.508 e. The average molecular weight is 444 g/mol. The van der Waals surface area contributed by atoms with Crippen molar-refractivity contribution in [3.05, 3.63) is 90.0 Å². The summed E-state index contributed by atoms with van der Waals surface area (Å²) in [5.41, 5.74) is 2.12. The lowest BCUT2D eigenvalue weighted by molar-refractivity contribution is 0.0196. The van der Waals surface area contributed by atoms with Crippen LogP contribution in [-0.4, -0.2) is 33.7 Å². The number of rotatable bonds is 9. The number of halogens is 1. The van der Waals surface area contributed by atoms with Crippen LogP contribution in [0.3, 0.4) is 0 Å². The van der Waals surface area contributed by atoms with Gasteiger partial charge in [-0.1, -0.05) is 42.5 Å². The van der Waals surface area contributed by atoms with E-state index < -0.39 is 12.3 Å². The van der Waals surface area contributed by atoms with E-state index in [1.165, 1.54) is 0 Å². The maximum atomic E-state index is 10.2. The zero-order valence-corrected chi connectivity index (χ0v) is 18.5. The topological polar surface area (TPSA) is 82.0 Å². The summed E-state index contributed by atoms with van der Waals surface area (Å²) in [5, 5.41) is 32.9. The van der Waals surface area contributed by atoms with Crippen molar-refractivity contribution in [2.45, 2.75) is 44.6 Å². The Bertz CT molecular complexity index is 856. The molecule has 0 radical (unpaired) electrons. The van der Waals surface area contributed by atoms with Crippen molar-refractivity contribution in [1.82, 2.24) is 5.32 Å². The predicted octanol–water partition coefficient (Wildman–Crippen LogP) is 4.81. The van der Waals surface area contributed by atoms with Gasteiger partial charge >= 0.3 is 0 Å². The quantitative estimate of drug-likeness (QED) is 0.357. The number of aliphatic hydroxyl groups excluding tert-OH is 1.